The van der Waals surface area contributed by atoms with Crippen LogP contribution in [-0.4, -0.2) is 23.2 Å². The summed E-state index contributed by atoms with van der Waals surface area (Å²) in [5, 5.41) is -0.775. The quantitative estimate of drug-likeness (QED) is 0.331. The Labute approximate surface area is 64.3 Å². The van der Waals surface area contributed by atoms with Crippen LogP contribution < -0.4 is 0 Å². The lowest BCUT2D eigenvalue weighted by atomic mass is 10.5. The van der Waals surface area contributed by atoms with Crippen LogP contribution in [0.1, 0.15) is 6.92 Å². The van der Waals surface area contributed by atoms with Gasteiger partial charge in [0.1, 0.15) is 0 Å². The smallest absolute Gasteiger partial charge is 0.269 e. The van der Waals surface area contributed by atoms with Crippen molar-refractivity contribution in [2.45, 2.75) is 6.92 Å². The number of hydrogen-bond acceptors (Lipinski definition) is 2. The Bertz CT molecular complexity index is 177. The highest BCUT2D eigenvalue weighted by Gasteiger charge is 2.09. The molecular formula is C6H8ClNO2. The van der Waals surface area contributed by atoms with Crippen molar-refractivity contribution in [3.8, 4) is 0 Å². The number of nitrogens with zero attached hydrogens (tertiary/aromatic N) is 1. The Hall–Kier alpha value is -0.830. The van der Waals surface area contributed by atoms with Crippen molar-refractivity contribution in [3.05, 3.63) is 12.2 Å². The molecule has 4 heteroatoms. The van der Waals surface area contributed by atoms with Crippen molar-refractivity contribution in [3.63, 3.8) is 0 Å². The molecule has 0 heterocycles. The van der Waals surface area contributed by atoms with Gasteiger partial charge in [0.2, 0.25) is 0 Å². The van der Waals surface area contributed by atoms with Gasteiger partial charge >= 0.3 is 5.37 Å². The van der Waals surface area contributed by atoms with Crippen molar-refractivity contribution in [2.75, 3.05) is 7.05 Å². The van der Waals surface area contributed by atoms with Gasteiger partial charge in [-0.1, -0.05) is 6.08 Å². The summed E-state index contributed by atoms with van der Waals surface area (Å²) in [5.74, 6) is -0.414. The summed E-state index contributed by atoms with van der Waals surface area (Å²) < 4.78 is 0. The second kappa shape index (κ2) is 4.06. The van der Waals surface area contributed by atoms with Gasteiger partial charge < -0.3 is 0 Å². The Morgan fingerprint density at radius 3 is 2.30 bits per heavy atom. The van der Waals surface area contributed by atoms with Crippen LogP contribution in [-0.2, 0) is 4.79 Å². The van der Waals surface area contributed by atoms with E-state index in [2.05, 4.69) is 0 Å². The predicted octanol–water partition coefficient (Wildman–Crippen LogP) is 1.38. The molecule has 0 aliphatic heterocycles. The lowest BCUT2D eigenvalue weighted by molar-refractivity contribution is -0.121. The minimum Gasteiger partial charge on any atom is -0.269 e. The summed E-state index contributed by atoms with van der Waals surface area (Å²) in [5.41, 5.74) is 0. The fraction of sp³-hybridized carbons (Fsp3) is 0.333. The number of halogens is 1. The maximum absolute atomic E-state index is 10.7. The van der Waals surface area contributed by atoms with E-state index in [0.29, 0.717) is 0 Å². The minimum atomic E-state index is -0.775. The van der Waals surface area contributed by atoms with Crippen LogP contribution in [0, 0.1) is 0 Å². The summed E-state index contributed by atoms with van der Waals surface area (Å²) in [6.45, 7) is 1.68. The predicted molar refractivity (Wildman–Crippen MR) is 38.8 cm³/mol. The van der Waals surface area contributed by atoms with Crippen LogP contribution in [0.2, 0.25) is 0 Å². The lowest BCUT2D eigenvalue weighted by Gasteiger charge is -2.06. The number of amides is 2. The third-order valence-electron chi connectivity index (χ3n) is 0.904. The number of carbonyl (C=O) groups is 2. The average Bonchev–Trinajstić information content (AvgIpc) is 1.87. The first-order valence-electron chi connectivity index (χ1n) is 2.69. The van der Waals surface area contributed by atoms with Crippen molar-refractivity contribution in [1.29, 1.82) is 0 Å². The third-order valence-corrected chi connectivity index (χ3v) is 1.16. The summed E-state index contributed by atoms with van der Waals surface area (Å²) in [6.07, 6.45) is 2.80. The van der Waals surface area contributed by atoms with E-state index in [1.807, 2.05) is 0 Å². The van der Waals surface area contributed by atoms with Gasteiger partial charge in [-0.25, -0.2) is 0 Å². The van der Waals surface area contributed by atoms with Crippen LogP contribution in [0.3, 0.4) is 0 Å². The highest BCUT2D eigenvalue weighted by Crippen LogP contribution is 1.93. The molecule has 0 aromatic carbocycles. The van der Waals surface area contributed by atoms with E-state index in [4.69, 9.17) is 11.6 Å². The standard InChI is InChI=1S/C6H8ClNO2/c1-3-4-5(9)8(2)6(7)10/h3-4H,1-2H3/b4-3+. The highest BCUT2D eigenvalue weighted by molar-refractivity contribution is 6.64. The second-order valence-electron chi connectivity index (χ2n) is 1.65. The zero-order valence-corrected chi connectivity index (χ0v) is 6.55. The Balaban J connectivity index is 4.08. The first-order valence-corrected chi connectivity index (χ1v) is 3.07. The van der Waals surface area contributed by atoms with Gasteiger partial charge in [-0.2, -0.15) is 0 Å². The average molecular weight is 162 g/mol. The summed E-state index contributed by atoms with van der Waals surface area (Å²) >= 11 is 4.99. The maximum atomic E-state index is 10.7. The zero-order chi connectivity index (χ0) is 8.15. The van der Waals surface area contributed by atoms with Crippen LogP contribution in [0.15, 0.2) is 12.2 Å². The highest BCUT2D eigenvalue weighted by atomic mass is 35.5. The molecule has 0 saturated heterocycles. The van der Waals surface area contributed by atoms with Gasteiger partial charge in [-0.3, -0.25) is 14.5 Å². The van der Waals surface area contributed by atoms with Crippen LogP contribution in [0.25, 0.3) is 0 Å². The summed E-state index contributed by atoms with van der Waals surface area (Å²) in [6, 6.07) is 0. The van der Waals surface area contributed by atoms with Crippen LogP contribution in [0.5, 0.6) is 0 Å². The maximum Gasteiger partial charge on any atom is 0.323 e. The van der Waals surface area contributed by atoms with E-state index < -0.39 is 11.3 Å². The largest absolute Gasteiger partial charge is 0.323 e. The molecule has 0 rings (SSSR count). The molecule has 0 atom stereocenters. The number of rotatable bonds is 1. The molecule has 0 spiro atoms. The molecule has 0 aliphatic rings. The number of allylic oxidation sites excluding steroid dienone is 1. The molecule has 0 bridgehead atoms. The fourth-order valence-electron chi connectivity index (χ4n) is 0.341. The topological polar surface area (TPSA) is 37.4 Å². The van der Waals surface area contributed by atoms with E-state index in [-0.39, 0.29) is 0 Å². The van der Waals surface area contributed by atoms with E-state index in [0.717, 1.165) is 4.90 Å². The van der Waals surface area contributed by atoms with Crippen LogP contribution >= 0.6 is 11.6 Å². The zero-order valence-electron chi connectivity index (χ0n) is 5.80. The fourth-order valence-corrected chi connectivity index (χ4v) is 0.424. The molecule has 0 unspecified atom stereocenters. The van der Waals surface area contributed by atoms with Crippen molar-refractivity contribution >= 4 is 22.9 Å². The molecule has 0 aromatic heterocycles. The third kappa shape index (κ3) is 2.64. The monoisotopic (exact) mass is 161 g/mol. The number of likely N-dealkylation sites (N-methyl/N-ethyl adjacent to an activating group) is 1. The molecule has 0 saturated carbocycles. The molecule has 0 N–H and O–H groups in total. The SMILES string of the molecule is C/C=C/C(=O)N(C)C(=O)Cl. The molecule has 0 aliphatic carbocycles. The number of imide groups is 1. The van der Waals surface area contributed by atoms with Crippen molar-refractivity contribution in [2.24, 2.45) is 0 Å². The normalized spacial score (nSPS) is 9.90. The van der Waals surface area contributed by atoms with Gasteiger partial charge in [0.15, 0.2) is 0 Å². The first kappa shape index (κ1) is 9.17. The number of carbonyl (C=O) groups excluding carboxylic acids is 2. The molecular weight excluding hydrogens is 154 g/mol. The Morgan fingerprint density at radius 1 is 1.50 bits per heavy atom. The molecule has 0 fully saturated rings. The van der Waals surface area contributed by atoms with Gasteiger partial charge in [0, 0.05) is 7.05 Å². The minimum absolute atomic E-state index is 0.414. The van der Waals surface area contributed by atoms with Crippen molar-refractivity contribution < 1.29 is 9.59 Å². The second-order valence-corrected chi connectivity index (χ2v) is 1.97. The molecule has 56 valence electrons. The van der Waals surface area contributed by atoms with E-state index in [9.17, 15) is 9.59 Å². The molecule has 3 nitrogen and oxygen atoms in total. The van der Waals surface area contributed by atoms with Gasteiger partial charge in [-0.15, -0.1) is 0 Å². The number of hydrogen-bond donors (Lipinski definition) is 0. The van der Waals surface area contributed by atoms with Crippen molar-refractivity contribution in [1.82, 2.24) is 4.90 Å². The molecule has 0 radical (unpaired) electrons. The van der Waals surface area contributed by atoms with E-state index in [1.54, 1.807) is 13.0 Å². The molecule has 2 amide bonds. The first-order chi connectivity index (χ1) is 4.59. The van der Waals surface area contributed by atoms with Gasteiger partial charge in [-0.05, 0) is 24.6 Å². The van der Waals surface area contributed by atoms with Crippen LogP contribution in [0.4, 0.5) is 4.79 Å². The van der Waals surface area contributed by atoms with E-state index >= 15 is 0 Å². The Morgan fingerprint density at radius 2 is 2.00 bits per heavy atom. The van der Waals surface area contributed by atoms with Gasteiger partial charge in [0.25, 0.3) is 5.91 Å². The summed E-state index contributed by atoms with van der Waals surface area (Å²) in [4.78, 5) is 21.8. The Kier molecular flexibility index (Phi) is 3.72. The summed E-state index contributed by atoms with van der Waals surface area (Å²) in [7, 11) is 1.32. The molecule has 0 aromatic rings. The van der Waals surface area contributed by atoms with Gasteiger partial charge in [0.05, 0.1) is 0 Å². The lowest BCUT2D eigenvalue weighted by Crippen LogP contribution is -2.26. The molecule has 10 heavy (non-hydrogen) atoms. The van der Waals surface area contributed by atoms with E-state index in [1.165, 1.54) is 13.1 Å².